The number of halogens is 1. The van der Waals surface area contributed by atoms with Gasteiger partial charge in [0, 0.05) is 22.1 Å². The van der Waals surface area contributed by atoms with E-state index in [9.17, 15) is 19.8 Å². The first-order chi connectivity index (χ1) is 13.3. The maximum atomic E-state index is 9.50. The van der Waals surface area contributed by atoms with Crippen LogP contribution in [0.15, 0.2) is 54.6 Å². The quantitative estimate of drug-likeness (QED) is 0.476. The van der Waals surface area contributed by atoms with Gasteiger partial charge in [-0.05, 0) is 72.8 Å². The summed E-state index contributed by atoms with van der Waals surface area (Å²) in [6.07, 6.45) is -0.934. The minimum Gasteiger partial charge on any atom is -0.550 e. The highest BCUT2D eigenvalue weighted by Crippen LogP contribution is 2.26. The smallest absolute Gasteiger partial charge is 0.108 e. The number of likely N-dealkylation sites (N-methyl/N-ethyl adjacent to an activating group) is 1. The number of carboxylic acid groups (broad SMARTS) is 2. The van der Waals surface area contributed by atoms with E-state index in [0.29, 0.717) is 0 Å². The molecule has 0 spiro atoms. The van der Waals surface area contributed by atoms with Crippen molar-refractivity contribution in [2.45, 2.75) is 26.4 Å². The molecule has 1 unspecified atom stereocenters. The molecule has 0 radical (unpaired) electrons. The number of rotatable bonds is 9. The van der Waals surface area contributed by atoms with E-state index in [1.165, 1.54) is 14.7 Å². The van der Waals surface area contributed by atoms with Gasteiger partial charge < -0.3 is 29.4 Å². The molecular formula is C22H28INO5-2. The number of hydrogen-bond acceptors (Lipinski definition) is 6. The van der Waals surface area contributed by atoms with Gasteiger partial charge in [0.1, 0.15) is 6.10 Å². The molecule has 0 aliphatic rings. The number of hydrogen-bond donors (Lipinski definition) is 0. The van der Waals surface area contributed by atoms with Crippen LogP contribution in [0.5, 0.6) is 0 Å². The molecule has 2 aromatic rings. The average molecular weight is 513 g/mol. The third kappa shape index (κ3) is 12.2. The number of carboxylic acids is 2. The van der Waals surface area contributed by atoms with Gasteiger partial charge in [0.15, 0.2) is 0 Å². The molecule has 0 saturated carbocycles. The highest BCUT2D eigenvalue weighted by molar-refractivity contribution is 14.1. The molecular weight excluding hydrogens is 485 g/mol. The predicted molar refractivity (Wildman–Crippen MR) is 118 cm³/mol. The molecule has 7 heteroatoms. The van der Waals surface area contributed by atoms with Gasteiger partial charge in [-0.1, -0.05) is 49.9 Å². The molecule has 0 fully saturated rings. The van der Waals surface area contributed by atoms with Crippen molar-refractivity contribution in [1.29, 1.82) is 0 Å². The topological polar surface area (TPSA) is 92.7 Å². The fraction of sp³-hybridized carbons (Fsp3) is 0.364. The van der Waals surface area contributed by atoms with Gasteiger partial charge in [0.2, 0.25) is 0 Å². The van der Waals surface area contributed by atoms with Crippen LogP contribution in [-0.2, 0) is 14.3 Å². The summed E-state index contributed by atoms with van der Waals surface area (Å²) in [4.78, 5) is 21.1. The third-order valence-electron chi connectivity index (χ3n) is 3.61. The van der Waals surface area contributed by atoms with Crippen LogP contribution in [0.2, 0.25) is 0 Å². The van der Waals surface area contributed by atoms with Crippen molar-refractivity contribution >= 4 is 34.5 Å². The van der Waals surface area contributed by atoms with Crippen molar-refractivity contribution in [2.75, 3.05) is 27.2 Å². The van der Waals surface area contributed by atoms with Crippen LogP contribution in [-0.4, -0.2) is 44.1 Å². The lowest BCUT2D eigenvalue weighted by atomic mass is 10.0. The minimum atomic E-state index is -1.37. The molecule has 0 amide bonds. The Morgan fingerprint density at radius 2 is 1.52 bits per heavy atom. The van der Waals surface area contributed by atoms with Crippen molar-refractivity contribution < 1.29 is 24.5 Å². The molecule has 0 saturated heterocycles. The molecule has 0 N–H and O–H groups in total. The lowest BCUT2D eigenvalue weighted by Gasteiger charge is -2.20. The lowest BCUT2D eigenvalue weighted by molar-refractivity contribution is -0.315. The van der Waals surface area contributed by atoms with Gasteiger partial charge in [-0.3, -0.25) is 0 Å². The number of aliphatic carboxylic acids is 2. The lowest BCUT2D eigenvalue weighted by Crippen LogP contribution is -2.27. The summed E-state index contributed by atoms with van der Waals surface area (Å²) in [5, 5.41) is 19.0. The Kier molecular flexibility index (Phi) is 13.9. The summed E-state index contributed by atoms with van der Waals surface area (Å²) in [5.41, 5.74) is 2.41. The van der Waals surface area contributed by atoms with Crippen molar-refractivity contribution in [3.63, 3.8) is 0 Å². The Bertz CT molecular complexity index is 723. The van der Waals surface area contributed by atoms with Gasteiger partial charge >= 0.3 is 0 Å². The average Bonchev–Trinajstić information content (AvgIpc) is 2.64. The van der Waals surface area contributed by atoms with Crippen LogP contribution in [0.25, 0.3) is 0 Å². The molecule has 0 heterocycles. The largest absolute Gasteiger partial charge is 0.550 e. The van der Waals surface area contributed by atoms with Gasteiger partial charge in [0.25, 0.3) is 0 Å². The second-order valence-corrected chi connectivity index (χ2v) is 7.51. The highest BCUT2D eigenvalue weighted by Gasteiger charge is 2.14. The zero-order valence-electron chi connectivity index (χ0n) is 16.0. The summed E-state index contributed by atoms with van der Waals surface area (Å²) in [5.74, 6) is -2.73. The fourth-order valence-electron chi connectivity index (χ4n) is 2.24. The summed E-state index contributed by atoms with van der Waals surface area (Å²) < 4.78 is 7.37. The Balaban J connectivity index is 0.000000747. The first-order valence-electron chi connectivity index (χ1n) is 8.76. The Labute approximate surface area is 186 Å². The van der Waals surface area contributed by atoms with E-state index in [1.54, 1.807) is 0 Å². The first kappa shape index (κ1) is 27.0. The van der Waals surface area contributed by atoms with E-state index in [2.05, 4.69) is 90.1 Å². The van der Waals surface area contributed by atoms with E-state index in [0.717, 1.165) is 13.2 Å². The van der Waals surface area contributed by atoms with Gasteiger partial charge in [-0.2, -0.15) is 0 Å². The SMILES string of the molecule is C.CN(C)CCOC(c1ccccc1)c1cccc(I)c1.O=C([O-])CCC(=O)[O-]. The normalized spacial score (nSPS) is 11.0. The van der Waals surface area contributed by atoms with Crippen LogP contribution in [0.4, 0.5) is 0 Å². The zero-order chi connectivity index (χ0) is 20.9. The molecule has 29 heavy (non-hydrogen) atoms. The molecule has 2 aromatic carbocycles. The van der Waals surface area contributed by atoms with E-state index < -0.39 is 24.8 Å². The van der Waals surface area contributed by atoms with Crippen molar-refractivity contribution in [3.05, 3.63) is 69.3 Å². The van der Waals surface area contributed by atoms with Gasteiger partial charge in [-0.25, -0.2) is 0 Å². The Morgan fingerprint density at radius 3 is 2.00 bits per heavy atom. The summed E-state index contributed by atoms with van der Waals surface area (Å²) in [6, 6.07) is 18.9. The molecule has 0 aromatic heterocycles. The van der Waals surface area contributed by atoms with Crippen molar-refractivity contribution in [3.8, 4) is 0 Å². The second kappa shape index (κ2) is 14.9. The first-order valence-corrected chi connectivity index (χ1v) is 9.84. The highest BCUT2D eigenvalue weighted by atomic mass is 127. The predicted octanol–water partition coefficient (Wildman–Crippen LogP) is 1.86. The van der Waals surface area contributed by atoms with Crippen LogP contribution >= 0.6 is 22.6 Å². The molecule has 160 valence electrons. The van der Waals surface area contributed by atoms with E-state index >= 15 is 0 Å². The number of carbonyl (C=O) groups is 2. The molecule has 6 nitrogen and oxygen atoms in total. The second-order valence-electron chi connectivity index (χ2n) is 6.26. The molecule has 2 rings (SSSR count). The molecule has 1 atom stereocenters. The minimum absolute atomic E-state index is 0. The fourth-order valence-corrected chi connectivity index (χ4v) is 2.81. The zero-order valence-corrected chi connectivity index (χ0v) is 18.1. The number of nitrogens with zero attached hydrogens (tertiary/aromatic N) is 1. The maximum Gasteiger partial charge on any atom is 0.108 e. The van der Waals surface area contributed by atoms with Gasteiger partial charge in [0.05, 0.1) is 6.61 Å². The number of ether oxygens (including phenoxy) is 1. The summed E-state index contributed by atoms with van der Waals surface area (Å²) >= 11 is 2.34. The van der Waals surface area contributed by atoms with Crippen molar-refractivity contribution in [1.82, 2.24) is 4.90 Å². The van der Waals surface area contributed by atoms with Crippen molar-refractivity contribution in [2.24, 2.45) is 0 Å². The van der Waals surface area contributed by atoms with Gasteiger partial charge in [-0.15, -0.1) is 0 Å². The summed E-state index contributed by atoms with van der Waals surface area (Å²) in [6.45, 7) is 1.64. The number of carbonyl (C=O) groups excluding carboxylic acids is 2. The van der Waals surface area contributed by atoms with Crippen LogP contribution in [0.1, 0.15) is 37.5 Å². The molecule has 0 bridgehead atoms. The number of benzene rings is 2. The Hall–Kier alpha value is -1.97. The monoisotopic (exact) mass is 513 g/mol. The van der Waals surface area contributed by atoms with E-state index in [-0.39, 0.29) is 13.5 Å². The van der Waals surface area contributed by atoms with E-state index in [1.807, 2.05) is 6.07 Å². The summed E-state index contributed by atoms with van der Waals surface area (Å²) in [7, 11) is 4.12. The third-order valence-corrected chi connectivity index (χ3v) is 4.28. The van der Waals surface area contributed by atoms with Crippen LogP contribution in [0.3, 0.4) is 0 Å². The van der Waals surface area contributed by atoms with Crippen LogP contribution < -0.4 is 10.2 Å². The van der Waals surface area contributed by atoms with Crippen LogP contribution in [0, 0.1) is 3.57 Å². The molecule has 0 aliphatic heterocycles. The van der Waals surface area contributed by atoms with E-state index in [4.69, 9.17) is 4.74 Å². The standard InChI is InChI=1S/C17H20INO.C4H6O4.CH4/c1-19(2)11-12-20-17(14-7-4-3-5-8-14)15-9-6-10-16(18)13-15;5-3(6)1-2-4(7)8;/h3-10,13,17H,11-12H2,1-2H3;1-2H2,(H,5,6)(H,7,8);1H4/p-2. The maximum absolute atomic E-state index is 9.50. The molecule has 0 aliphatic carbocycles. The Morgan fingerprint density at radius 1 is 0.966 bits per heavy atom.